The Balaban J connectivity index is 1.97. The lowest BCUT2D eigenvalue weighted by Crippen LogP contribution is -1.91. The number of aryl methyl sites for hydroxylation is 2. The molecule has 0 aliphatic carbocycles. The fourth-order valence-electron chi connectivity index (χ4n) is 5.70. The first-order valence-corrected chi connectivity index (χ1v) is 17.2. The summed E-state index contributed by atoms with van der Waals surface area (Å²) in [5.74, 6) is 0. The maximum absolute atomic E-state index is 2.49. The van der Waals surface area contributed by atoms with Crippen molar-refractivity contribution in [2.24, 2.45) is 0 Å². The van der Waals surface area contributed by atoms with Crippen LogP contribution in [0.3, 0.4) is 0 Å². The fraction of sp³-hybridized carbons (Fsp3) is 0.737. The van der Waals surface area contributed by atoms with Crippen LogP contribution in [0.25, 0.3) is 0 Å². The van der Waals surface area contributed by atoms with E-state index in [0.29, 0.717) is 0 Å². The van der Waals surface area contributed by atoms with Gasteiger partial charge in [-0.05, 0) is 88.2 Å². The Morgan fingerprint density at radius 3 is 1.11 bits per heavy atom. The normalized spacial score (nSPS) is 11.1. The van der Waals surface area contributed by atoms with Crippen molar-refractivity contribution in [3.63, 3.8) is 0 Å². The van der Waals surface area contributed by atoms with E-state index in [-0.39, 0.29) is 0 Å². The third-order valence-electron chi connectivity index (χ3n) is 8.51. The highest BCUT2D eigenvalue weighted by Crippen LogP contribution is 2.17. The highest BCUT2D eigenvalue weighted by Gasteiger charge is 1.99. The molecule has 0 heteroatoms. The summed E-state index contributed by atoms with van der Waals surface area (Å²) in [6.45, 7) is 9.14. The van der Waals surface area contributed by atoms with Crippen LogP contribution in [-0.2, 0) is 12.8 Å². The minimum atomic E-state index is 1.23. The minimum Gasteiger partial charge on any atom is -0.0854 e. The third-order valence-corrected chi connectivity index (χ3v) is 8.51. The first kappa shape index (κ1) is 34.7. The molecule has 0 N–H and O–H groups in total. The molecule has 0 heterocycles. The van der Waals surface area contributed by atoms with Crippen LogP contribution < -0.4 is 0 Å². The molecule has 0 aromatic heterocycles. The van der Waals surface area contributed by atoms with Crippen LogP contribution in [0.5, 0.6) is 0 Å². The second-order valence-corrected chi connectivity index (χ2v) is 11.7. The third kappa shape index (κ3) is 19.7. The van der Waals surface area contributed by atoms with Gasteiger partial charge in [0.15, 0.2) is 0 Å². The first-order chi connectivity index (χ1) is 18.7. The second kappa shape index (κ2) is 26.0. The van der Waals surface area contributed by atoms with E-state index in [4.69, 9.17) is 0 Å². The van der Waals surface area contributed by atoms with E-state index in [9.17, 15) is 0 Å². The number of benzene rings is 1. The predicted molar refractivity (Wildman–Crippen MR) is 174 cm³/mol. The van der Waals surface area contributed by atoms with Crippen LogP contribution in [-0.4, -0.2) is 0 Å². The summed E-state index contributed by atoms with van der Waals surface area (Å²) in [7, 11) is 0. The van der Waals surface area contributed by atoms with Crippen molar-refractivity contribution in [1.29, 1.82) is 0 Å². The molecule has 0 unspecified atom stereocenters. The molecule has 1 rings (SSSR count). The van der Waals surface area contributed by atoms with Crippen molar-refractivity contribution >= 4 is 0 Å². The molecular weight excluding hydrogens is 456 g/mol. The maximum Gasteiger partial charge on any atom is -0.0279 e. The zero-order valence-corrected chi connectivity index (χ0v) is 26.4. The Morgan fingerprint density at radius 1 is 0.447 bits per heavy atom. The number of unbranched alkanes of at least 4 members (excludes halogenated alkanes) is 16. The van der Waals surface area contributed by atoms with Gasteiger partial charge >= 0.3 is 0 Å². The lowest BCUT2D eigenvalue weighted by atomic mass is 9.99. The first-order valence-electron chi connectivity index (χ1n) is 17.2. The van der Waals surface area contributed by atoms with E-state index in [0.717, 1.165) is 0 Å². The Morgan fingerprint density at radius 2 is 0.763 bits per heavy atom. The van der Waals surface area contributed by atoms with Gasteiger partial charge < -0.3 is 0 Å². The van der Waals surface area contributed by atoms with E-state index in [2.05, 4.69) is 64.1 Å². The molecule has 1 aromatic rings. The zero-order valence-electron chi connectivity index (χ0n) is 26.4. The van der Waals surface area contributed by atoms with Crippen LogP contribution in [0.1, 0.15) is 180 Å². The standard InChI is InChI=1S/C38H66/c1-5-35(6-2)28-23-19-15-11-9-13-17-21-25-30-37-32-27-33-38(34-37)31-26-22-18-14-10-12-16-20-24-29-36(7-3)8-4/h27-29,32-34H,5-26,30-31H2,1-4H3. The van der Waals surface area contributed by atoms with Gasteiger partial charge in [-0.15, -0.1) is 0 Å². The molecule has 0 fully saturated rings. The molecule has 218 valence electrons. The second-order valence-electron chi connectivity index (χ2n) is 11.7. The van der Waals surface area contributed by atoms with Crippen LogP contribution in [0.4, 0.5) is 0 Å². The molecule has 0 aliphatic rings. The van der Waals surface area contributed by atoms with Crippen molar-refractivity contribution in [3.05, 3.63) is 58.7 Å². The smallest absolute Gasteiger partial charge is 0.0279 e. The van der Waals surface area contributed by atoms with Crippen LogP contribution in [0.2, 0.25) is 0 Å². The highest BCUT2D eigenvalue weighted by molar-refractivity contribution is 5.23. The monoisotopic (exact) mass is 523 g/mol. The SMILES string of the molecule is CCC(=CCCCCCCCCCCc1cccc(CCCCCCCCCCC=C(CC)CC)c1)CC. The zero-order chi connectivity index (χ0) is 27.5. The van der Waals surface area contributed by atoms with E-state index < -0.39 is 0 Å². The molecule has 0 spiro atoms. The summed E-state index contributed by atoms with van der Waals surface area (Å²) in [4.78, 5) is 0. The Hall–Kier alpha value is -1.30. The van der Waals surface area contributed by atoms with Gasteiger partial charge in [0.25, 0.3) is 0 Å². The van der Waals surface area contributed by atoms with Gasteiger partial charge in [0, 0.05) is 0 Å². The summed E-state index contributed by atoms with van der Waals surface area (Å²) < 4.78 is 0. The minimum absolute atomic E-state index is 1.23. The van der Waals surface area contributed by atoms with E-state index >= 15 is 0 Å². The summed E-state index contributed by atoms with van der Waals surface area (Å²) in [6, 6.07) is 9.49. The molecule has 0 radical (unpaired) electrons. The molecule has 0 bridgehead atoms. The van der Waals surface area contributed by atoms with E-state index in [1.807, 2.05) is 0 Å². The van der Waals surface area contributed by atoms with Gasteiger partial charge in [0.2, 0.25) is 0 Å². The molecule has 0 saturated heterocycles. The molecule has 1 aromatic carbocycles. The quantitative estimate of drug-likeness (QED) is 0.0838. The number of rotatable bonds is 26. The molecule has 38 heavy (non-hydrogen) atoms. The summed E-state index contributed by atoms with van der Waals surface area (Å²) in [6.07, 6.45) is 37.6. The van der Waals surface area contributed by atoms with Crippen molar-refractivity contribution in [2.45, 2.75) is 182 Å². The van der Waals surface area contributed by atoms with Crippen molar-refractivity contribution in [3.8, 4) is 0 Å². The molecule has 0 aliphatic heterocycles. The van der Waals surface area contributed by atoms with E-state index in [1.165, 1.54) is 154 Å². The number of allylic oxidation sites excluding steroid dienone is 4. The van der Waals surface area contributed by atoms with Crippen LogP contribution in [0.15, 0.2) is 47.6 Å². The average Bonchev–Trinajstić information content (AvgIpc) is 2.94. The van der Waals surface area contributed by atoms with Crippen LogP contribution in [0, 0.1) is 0 Å². The topological polar surface area (TPSA) is 0 Å². The fourth-order valence-corrected chi connectivity index (χ4v) is 5.70. The number of hydrogen-bond acceptors (Lipinski definition) is 0. The Labute approximate surface area is 240 Å². The lowest BCUT2D eigenvalue weighted by Gasteiger charge is -2.07. The molecule has 0 atom stereocenters. The summed E-state index contributed by atoms with van der Waals surface area (Å²) >= 11 is 0. The Bertz CT molecular complexity index is 637. The van der Waals surface area contributed by atoms with Gasteiger partial charge in [-0.1, -0.05) is 152 Å². The molecular formula is C38H66. The van der Waals surface area contributed by atoms with Gasteiger partial charge in [-0.3, -0.25) is 0 Å². The Kier molecular flexibility index (Phi) is 23.7. The summed E-state index contributed by atoms with van der Waals surface area (Å²) in [5, 5.41) is 0. The predicted octanol–water partition coefficient (Wildman–Crippen LogP) is 13.3. The van der Waals surface area contributed by atoms with Gasteiger partial charge in [-0.25, -0.2) is 0 Å². The molecule has 0 amide bonds. The lowest BCUT2D eigenvalue weighted by molar-refractivity contribution is 0.567. The van der Waals surface area contributed by atoms with Gasteiger partial charge in [-0.2, -0.15) is 0 Å². The van der Waals surface area contributed by atoms with Gasteiger partial charge in [0.05, 0.1) is 0 Å². The largest absolute Gasteiger partial charge is 0.0854 e. The molecule has 0 nitrogen and oxygen atoms in total. The highest BCUT2D eigenvalue weighted by atomic mass is 14.1. The maximum atomic E-state index is 2.49. The van der Waals surface area contributed by atoms with Crippen molar-refractivity contribution < 1.29 is 0 Å². The van der Waals surface area contributed by atoms with Crippen LogP contribution >= 0.6 is 0 Å². The number of hydrogen-bond donors (Lipinski definition) is 0. The van der Waals surface area contributed by atoms with E-state index in [1.54, 1.807) is 22.3 Å². The van der Waals surface area contributed by atoms with Crippen molar-refractivity contribution in [2.75, 3.05) is 0 Å². The van der Waals surface area contributed by atoms with Gasteiger partial charge in [0.1, 0.15) is 0 Å². The average molecular weight is 523 g/mol. The summed E-state index contributed by atoms with van der Waals surface area (Å²) in [5.41, 5.74) is 6.41. The van der Waals surface area contributed by atoms with Crippen molar-refractivity contribution in [1.82, 2.24) is 0 Å². The molecule has 0 saturated carbocycles.